The number of esters is 2. The number of hydrogen-bond donors (Lipinski definition) is 1. The van der Waals surface area contributed by atoms with Crippen LogP contribution in [0.15, 0.2) is 0 Å². The molecule has 0 aliphatic carbocycles. The molecule has 0 heterocycles. The monoisotopic (exact) mass is 231 g/mol. The first-order valence-electron chi connectivity index (χ1n) is 4.88. The summed E-state index contributed by atoms with van der Waals surface area (Å²) in [6, 6.07) is -0.890. The molecule has 0 unspecified atom stereocenters. The van der Waals surface area contributed by atoms with Crippen LogP contribution in [-0.2, 0) is 23.9 Å². The molecule has 0 saturated carbocycles. The van der Waals surface area contributed by atoms with Gasteiger partial charge in [0.2, 0.25) is 0 Å². The van der Waals surface area contributed by atoms with Gasteiger partial charge in [-0.05, 0) is 27.2 Å². The molecule has 0 fully saturated rings. The molecule has 1 atom stereocenters. The molecule has 0 radical (unpaired) electrons. The van der Waals surface area contributed by atoms with Gasteiger partial charge in [0, 0.05) is 6.42 Å². The van der Waals surface area contributed by atoms with Crippen molar-refractivity contribution in [3.63, 3.8) is 0 Å². The van der Waals surface area contributed by atoms with Crippen molar-refractivity contribution in [2.45, 2.75) is 45.3 Å². The van der Waals surface area contributed by atoms with Crippen LogP contribution in [0.5, 0.6) is 0 Å². The van der Waals surface area contributed by atoms with Gasteiger partial charge in [-0.3, -0.25) is 14.4 Å². The summed E-state index contributed by atoms with van der Waals surface area (Å²) in [4.78, 5) is 32.0. The second-order valence-corrected chi connectivity index (χ2v) is 4.26. The van der Waals surface area contributed by atoms with Crippen LogP contribution in [0.3, 0.4) is 0 Å². The zero-order valence-corrected chi connectivity index (χ0v) is 9.69. The van der Waals surface area contributed by atoms with Crippen LogP contribution >= 0.6 is 0 Å². The molecule has 0 saturated heterocycles. The van der Waals surface area contributed by atoms with Gasteiger partial charge in [0.05, 0.1) is 0 Å². The Hall–Kier alpha value is -1.43. The van der Waals surface area contributed by atoms with Crippen molar-refractivity contribution in [3.8, 4) is 0 Å². The van der Waals surface area contributed by atoms with Gasteiger partial charge in [-0.25, -0.2) is 0 Å². The molecule has 0 aliphatic rings. The summed E-state index contributed by atoms with van der Waals surface area (Å²) in [5, 5.41) is 0. The van der Waals surface area contributed by atoms with Crippen LogP contribution in [0.1, 0.15) is 33.6 Å². The minimum absolute atomic E-state index is 0.0430. The van der Waals surface area contributed by atoms with Crippen molar-refractivity contribution in [1.82, 2.24) is 0 Å². The second kappa shape index (κ2) is 6.22. The van der Waals surface area contributed by atoms with Crippen molar-refractivity contribution in [2.75, 3.05) is 0 Å². The topological polar surface area (TPSA) is 95.7 Å². The average molecular weight is 231 g/mol. The van der Waals surface area contributed by atoms with E-state index in [-0.39, 0.29) is 19.3 Å². The maximum atomic E-state index is 11.4. The number of carbonyl (C=O) groups excluding carboxylic acids is 3. The Balaban J connectivity index is 3.97. The molecule has 0 amide bonds. The molecular formula is C10H17NO5. The molecule has 0 bridgehead atoms. The van der Waals surface area contributed by atoms with Crippen molar-refractivity contribution in [2.24, 2.45) is 5.73 Å². The molecule has 6 heteroatoms. The lowest BCUT2D eigenvalue weighted by molar-refractivity contribution is -0.156. The summed E-state index contributed by atoms with van der Waals surface area (Å²) < 4.78 is 9.05. The van der Waals surface area contributed by atoms with Gasteiger partial charge in [-0.15, -0.1) is 0 Å². The Morgan fingerprint density at radius 3 is 2.38 bits per heavy atom. The summed E-state index contributed by atoms with van der Waals surface area (Å²) in [6.45, 7) is 5.20. The maximum absolute atomic E-state index is 11.4. The molecule has 0 aromatic carbocycles. The lowest BCUT2D eigenvalue weighted by Gasteiger charge is -2.21. The van der Waals surface area contributed by atoms with Crippen molar-refractivity contribution in [3.05, 3.63) is 0 Å². The summed E-state index contributed by atoms with van der Waals surface area (Å²) in [7, 11) is 0. The highest BCUT2D eigenvalue weighted by molar-refractivity contribution is 5.79. The Labute approximate surface area is 94.1 Å². The minimum Gasteiger partial charge on any atom is -0.459 e. The predicted octanol–water partition coefficient (Wildman–Crippen LogP) is 0.135. The Kier molecular flexibility index (Phi) is 5.66. The Morgan fingerprint density at radius 1 is 1.38 bits per heavy atom. The molecule has 6 nitrogen and oxygen atoms in total. The lowest BCUT2D eigenvalue weighted by atomic mass is 10.1. The van der Waals surface area contributed by atoms with E-state index in [1.807, 2.05) is 0 Å². The summed E-state index contributed by atoms with van der Waals surface area (Å²) in [5.74, 6) is -1.29. The van der Waals surface area contributed by atoms with E-state index in [1.165, 1.54) is 0 Å². The molecule has 2 N–H and O–H groups in total. The fourth-order valence-corrected chi connectivity index (χ4v) is 0.881. The van der Waals surface area contributed by atoms with Gasteiger partial charge in [-0.1, -0.05) is 0 Å². The number of carbonyl (C=O) groups is 3. The summed E-state index contributed by atoms with van der Waals surface area (Å²) in [6.07, 6.45) is -0.0132. The molecule has 0 aromatic heterocycles. The summed E-state index contributed by atoms with van der Waals surface area (Å²) >= 11 is 0. The van der Waals surface area contributed by atoms with E-state index in [0.29, 0.717) is 0 Å². The van der Waals surface area contributed by atoms with Gasteiger partial charge in [0.1, 0.15) is 11.6 Å². The minimum atomic E-state index is -0.890. The number of nitrogens with two attached hydrogens (primary N) is 1. The van der Waals surface area contributed by atoms with Crippen LogP contribution in [-0.4, -0.2) is 30.1 Å². The zero-order valence-electron chi connectivity index (χ0n) is 9.69. The molecular weight excluding hydrogens is 214 g/mol. The smallest absolute Gasteiger partial charge is 0.323 e. The van der Waals surface area contributed by atoms with E-state index in [2.05, 4.69) is 4.74 Å². The predicted molar refractivity (Wildman–Crippen MR) is 55.2 cm³/mol. The normalized spacial score (nSPS) is 12.8. The molecule has 0 aliphatic heterocycles. The van der Waals surface area contributed by atoms with E-state index in [1.54, 1.807) is 20.8 Å². The molecule has 92 valence electrons. The van der Waals surface area contributed by atoms with Crippen LogP contribution in [0.4, 0.5) is 0 Å². The number of ether oxygens (including phenoxy) is 2. The fraction of sp³-hybridized carbons (Fsp3) is 0.700. The summed E-state index contributed by atoms with van der Waals surface area (Å²) in [5.41, 5.74) is 4.89. The van der Waals surface area contributed by atoms with Crippen LogP contribution < -0.4 is 5.73 Å². The van der Waals surface area contributed by atoms with Gasteiger partial charge in [0.15, 0.2) is 0 Å². The quantitative estimate of drug-likeness (QED) is 0.410. The maximum Gasteiger partial charge on any atom is 0.323 e. The molecule has 0 rings (SSSR count). The number of hydrogen-bond acceptors (Lipinski definition) is 6. The van der Waals surface area contributed by atoms with Crippen molar-refractivity contribution < 1.29 is 23.9 Å². The SMILES string of the molecule is CC(C)(C)OC(=O)[C@@H](N)CCC(=O)OC=O. The van der Waals surface area contributed by atoms with Crippen molar-refractivity contribution >= 4 is 18.4 Å². The van der Waals surface area contributed by atoms with E-state index in [0.717, 1.165) is 0 Å². The average Bonchev–Trinajstić information content (AvgIpc) is 2.11. The lowest BCUT2D eigenvalue weighted by Crippen LogP contribution is -2.37. The van der Waals surface area contributed by atoms with Gasteiger partial charge < -0.3 is 15.2 Å². The highest BCUT2D eigenvalue weighted by Gasteiger charge is 2.22. The third-order valence-corrected chi connectivity index (χ3v) is 1.55. The first kappa shape index (κ1) is 14.6. The highest BCUT2D eigenvalue weighted by Crippen LogP contribution is 2.09. The highest BCUT2D eigenvalue weighted by atomic mass is 16.6. The van der Waals surface area contributed by atoms with E-state index < -0.39 is 23.6 Å². The fourth-order valence-electron chi connectivity index (χ4n) is 0.881. The van der Waals surface area contributed by atoms with E-state index in [9.17, 15) is 14.4 Å². The first-order chi connectivity index (χ1) is 7.26. The zero-order chi connectivity index (χ0) is 12.8. The Morgan fingerprint density at radius 2 is 1.94 bits per heavy atom. The van der Waals surface area contributed by atoms with E-state index >= 15 is 0 Å². The standard InChI is InChI=1S/C10H17NO5/c1-10(2,3)16-9(14)7(11)4-5-8(13)15-6-12/h6-7H,4-5,11H2,1-3H3/t7-/m0/s1. The van der Waals surface area contributed by atoms with Crippen LogP contribution in [0.2, 0.25) is 0 Å². The first-order valence-corrected chi connectivity index (χ1v) is 4.88. The number of rotatable bonds is 5. The van der Waals surface area contributed by atoms with Gasteiger partial charge in [0.25, 0.3) is 0 Å². The third kappa shape index (κ3) is 6.94. The largest absolute Gasteiger partial charge is 0.459 e. The van der Waals surface area contributed by atoms with Gasteiger partial charge in [-0.2, -0.15) is 0 Å². The second-order valence-electron chi connectivity index (χ2n) is 4.26. The van der Waals surface area contributed by atoms with Crippen LogP contribution in [0.25, 0.3) is 0 Å². The molecule has 0 spiro atoms. The molecule has 16 heavy (non-hydrogen) atoms. The van der Waals surface area contributed by atoms with Gasteiger partial charge >= 0.3 is 18.4 Å². The Bertz CT molecular complexity index is 269. The third-order valence-electron chi connectivity index (χ3n) is 1.55. The van der Waals surface area contributed by atoms with E-state index in [4.69, 9.17) is 10.5 Å². The van der Waals surface area contributed by atoms with Crippen molar-refractivity contribution in [1.29, 1.82) is 0 Å². The van der Waals surface area contributed by atoms with Crippen LogP contribution in [0, 0.1) is 0 Å². The molecule has 0 aromatic rings.